The summed E-state index contributed by atoms with van der Waals surface area (Å²) in [5.74, 6) is 0.618. The molecule has 1 heterocycles. The fourth-order valence-electron chi connectivity index (χ4n) is 2.42. The lowest BCUT2D eigenvalue weighted by atomic mass is 10.2. The normalized spacial score (nSPS) is 16.0. The summed E-state index contributed by atoms with van der Waals surface area (Å²) < 4.78 is 6.19. The van der Waals surface area contributed by atoms with Crippen LogP contribution >= 0.6 is 11.8 Å². The smallest absolute Gasteiger partial charge is 0.271 e. The molecule has 0 radical (unpaired) electrons. The van der Waals surface area contributed by atoms with Crippen molar-refractivity contribution in [2.45, 2.75) is 16.7 Å². The number of nitrogens with zero attached hydrogens (tertiary/aromatic N) is 1. The fourth-order valence-corrected chi connectivity index (χ4v) is 3.63. The van der Waals surface area contributed by atoms with Crippen LogP contribution in [0, 0.1) is 4.91 Å². The molecule has 1 aliphatic rings. The number of carbonyl (C=O) groups is 1. The Balaban J connectivity index is 1.56. The summed E-state index contributed by atoms with van der Waals surface area (Å²) in [5.41, 5.74) is 1.29. The molecule has 3 rings (SSSR count). The van der Waals surface area contributed by atoms with Crippen molar-refractivity contribution in [3.05, 3.63) is 59.0 Å². The Hall–Kier alpha value is -2.34. The van der Waals surface area contributed by atoms with Gasteiger partial charge in [-0.15, -0.1) is 0 Å². The number of benzene rings is 2. The van der Waals surface area contributed by atoms with Crippen LogP contribution in [0.2, 0.25) is 0 Å². The van der Waals surface area contributed by atoms with E-state index in [4.69, 9.17) is 4.74 Å². The van der Waals surface area contributed by atoms with Crippen LogP contribution in [0.25, 0.3) is 0 Å². The third-order valence-electron chi connectivity index (χ3n) is 3.64. The fraction of sp³-hybridized carbons (Fsp3) is 0.235. The Morgan fingerprint density at radius 2 is 2.04 bits per heavy atom. The van der Waals surface area contributed by atoms with Crippen LogP contribution in [-0.2, 0) is 0 Å². The van der Waals surface area contributed by atoms with Crippen molar-refractivity contribution < 1.29 is 14.3 Å². The summed E-state index contributed by atoms with van der Waals surface area (Å²) in [4.78, 5) is 25.2. The minimum absolute atomic E-state index is 0.120. The van der Waals surface area contributed by atoms with E-state index in [2.05, 4.69) is 5.32 Å². The number of amides is 1. The topological polar surface area (TPSA) is 58.4 Å². The standard InChI is InChI=1S/C17H16N2O3S/c1-22-13-7-8-14-15(11-13)23-16(19(14)21)9-10-18-17(20)12-5-3-2-4-6-12/h2-8,11,16H,9-10H2,1H3/p+1. The SMILES string of the molecule is COc1ccc2c(c1)SC(CCNC(=O)c1ccccc1)[N+]2=O. The highest BCUT2D eigenvalue weighted by Crippen LogP contribution is 2.44. The molecule has 0 saturated heterocycles. The van der Waals surface area contributed by atoms with Gasteiger partial charge >= 0.3 is 0 Å². The number of nitrogens with one attached hydrogen (secondary N) is 1. The highest BCUT2D eigenvalue weighted by Gasteiger charge is 2.39. The van der Waals surface area contributed by atoms with Crippen molar-refractivity contribution in [1.29, 1.82) is 0 Å². The first kappa shape index (κ1) is 15.6. The number of fused-ring (bicyclic) bond motifs is 1. The van der Waals surface area contributed by atoms with Crippen molar-refractivity contribution >= 4 is 23.4 Å². The quantitative estimate of drug-likeness (QED) is 0.855. The minimum atomic E-state index is -0.229. The molecule has 23 heavy (non-hydrogen) atoms. The second-order valence-electron chi connectivity index (χ2n) is 5.14. The molecule has 1 unspecified atom stereocenters. The molecule has 6 heteroatoms. The number of carbonyl (C=O) groups excluding carboxylic acids is 1. The van der Waals surface area contributed by atoms with Gasteiger partial charge in [-0.1, -0.05) is 18.2 Å². The van der Waals surface area contributed by atoms with Gasteiger partial charge in [0.1, 0.15) is 5.75 Å². The van der Waals surface area contributed by atoms with Crippen LogP contribution < -0.4 is 10.1 Å². The summed E-state index contributed by atoms with van der Waals surface area (Å²) in [6, 6.07) is 14.5. The molecule has 1 aliphatic heterocycles. The molecule has 0 aromatic heterocycles. The van der Waals surface area contributed by atoms with Gasteiger partial charge in [-0.05, 0) is 30.0 Å². The largest absolute Gasteiger partial charge is 0.497 e. The van der Waals surface area contributed by atoms with Gasteiger partial charge in [-0.3, -0.25) is 4.79 Å². The third-order valence-corrected chi connectivity index (χ3v) is 4.92. The van der Waals surface area contributed by atoms with E-state index in [1.165, 1.54) is 11.8 Å². The van der Waals surface area contributed by atoms with Gasteiger partial charge in [-0.2, -0.15) is 0 Å². The van der Waals surface area contributed by atoms with Gasteiger partial charge in [0, 0.05) is 35.6 Å². The Labute approximate surface area is 138 Å². The van der Waals surface area contributed by atoms with Crippen LogP contribution in [0.4, 0.5) is 5.69 Å². The number of thioether (sulfide) groups is 1. The zero-order chi connectivity index (χ0) is 16.2. The first-order valence-electron chi connectivity index (χ1n) is 7.33. The van der Waals surface area contributed by atoms with Crippen molar-refractivity contribution in [3.63, 3.8) is 0 Å². The monoisotopic (exact) mass is 329 g/mol. The molecule has 1 amide bonds. The molecule has 2 aromatic rings. The van der Waals surface area contributed by atoms with Gasteiger partial charge in [-0.25, -0.2) is 0 Å². The molecule has 0 aliphatic carbocycles. The maximum Gasteiger partial charge on any atom is 0.271 e. The predicted molar refractivity (Wildman–Crippen MR) is 89.3 cm³/mol. The van der Waals surface area contributed by atoms with E-state index >= 15 is 0 Å². The average Bonchev–Trinajstić information content (AvgIpc) is 2.91. The Kier molecular flexibility index (Phi) is 4.62. The molecular weight excluding hydrogens is 312 g/mol. The molecular formula is C17H17N2O3S+. The molecule has 0 spiro atoms. The van der Waals surface area contributed by atoms with Crippen LogP contribution in [0.3, 0.4) is 0 Å². The number of hydrogen-bond acceptors (Lipinski definition) is 4. The average molecular weight is 329 g/mol. The Morgan fingerprint density at radius 1 is 1.26 bits per heavy atom. The Morgan fingerprint density at radius 3 is 2.78 bits per heavy atom. The number of methoxy groups -OCH3 is 1. The Bertz CT molecular complexity index is 734. The van der Waals surface area contributed by atoms with Gasteiger partial charge in [0.15, 0.2) is 0 Å². The maximum absolute atomic E-state index is 12.3. The summed E-state index contributed by atoms with van der Waals surface area (Å²) in [6.07, 6.45) is 0.573. The number of rotatable bonds is 5. The van der Waals surface area contributed by atoms with E-state index in [1.807, 2.05) is 24.3 Å². The second-order valence-corrected chi connectivity index (χ2v) is 6.36. The zero-order valence-electron chi connectivity index (χ0n) is 12.7. The van der Waals surface area contributed by atoms with Gasteiger partial charge < -0.3 is 10.1 Å². The minimum Gasteiger partial charge on any atom is -0.497 e. The lowest BCUT2D eigenvalue weighted by molar-refractivity contribution is -0.476. The highest BCUT2D eigenvalue weighted by molar-refractivity contribution is 8.00. The molecule has 1 N–H and O–H groups in total. The zero-order valence-corrected chi connectivity index (χ0v) is 13.5. The first-order chi connectivity index (χ1) is 11.2. The first-order valence-corrected chi connectivity index (χ1v) is 8.21. The number of hydrogen-bond donors (Lipinski definition) is 1. The lowest BCUT2D eigenvalue weighted by Crippen LogP contribution is -2.27. The van der Waals surface area contributed by atoms with E-state index in [0.717, 1.165) is 15.4 Å². The van der Waals surface area contributed by atoms with Gasteiger partial charge in [0.05, 0.1) is 16.8 Å². The third kappa shape index (κ3) is 3.37. The molecule has 1 atom stereocenters. The van der Waals surface area contributed by atoms with Crippen LogP contribution in [0.15, 0.2) is 53.4 Å². The summed E-state index contributed by atoms with van der Waals surface area (Å²) in [6.45, 7) is 0.454. The van der Waals surface area contributed by atoms with Crippen molar-refractivity contribution in [2.75, 3.05) is 13.7 Å². The number of nitroso groups, excluding NO2 is 1. The van der Waals surface area contributed by atoms with E-state index in [0.29, 0.717) is 24.2 Å². The molecule has 0 fully saturated rings. The maximum atomic E-state index is 12.3. The predicted octanol–water partition coefficient (Wildman–Crippen LogP) is 3.36. The van der Waals surface area contributed by atoms with Crippen molar-refractivity contribution in [2.24, 2.45) is 0 Å². The molecule has 5 nitrogen and oxygen atoms in total. The van der Waals surface area contributed by atoms with Gasteiger partial charge in [0.25, 0.3) is 17.0 Å². The second kappa shape index (κ2) is 6.83. The molecule has 0 saturated carbocycles. The lowest BCUT2D eigenvalue weighted by Gasteiger charge is -2.05. The van der Waals surface area contributed by atoms with Crippen LogP contribution in [-0.4, -0.2) is 29.7 Å². The van der Waals surface area contributed by atoms with E-state index < -0.39 is 0 Å². The van der Waals surface area contributed by atoms with Gasteiger partial charge in [0.2, 0.25) is 0 Å². The van der Waals surface area contributed by atoms with Crippen molar-refractivity contribution in [3.8, 4) is 5.75 Å². The summed E-state index contributed by atoms with van der Waals surface area (Å²) >= 11 is 1.50. The summed E-state index contributed by atoms with van der Waals surface area (Å²) in [5, 5.41) is 2.62. The van der Waals surface area contributed by atoms with Crippen LogP contribution in [0.5, 0.6) is 5.75 Å². The molecule has 2 aromatic carbocycles. The molecule has 118 valence electrons. The highest BCUT2D eigenvalue weighted by atomic mass is 32.2. The van der Waals surface area contributed by atoms with Crippen LogP contribution in [0.1, 0.15) is 16.8 Å². The van der Waals surface area contributed by atoms with E-state index in [9.17, 15) is 9.70 Å². The summed E-state index contributed by atoms with van der Waals surface area (Å²) in [7, 11) is 1.60. The van der Waals surface area contributed by atoms with Crippen molar-refractivity contribution in [1.82, 2.24) is 5.32 Å². The van der Waals surface area contributed by atoms with E-state index in [1.54, 1.807) is 31.4 Å². The molecule has 0 bridgehead atoms. The number of ether oxygens (including phenoxy) is 1. The van der Waals surface area contributed by atoms with E-state index in [-0.39, 0.29) is 11.3 Å².